The minimum atomic E-state index is -1.00. The van der Waals surface area contributed by atoms with E-state index in [-0.39, 0.29) is 5.92 Å². The number of ether oxygens (including phenoxy) is 1. The first-order chi connectivity index (χ1) is 13.4. The number of carbonyl (C=O) groups is 2. The summed E-state index contributed by atoms with van der Waals surface area (Å²) >= 11 is 0. The highest BCUT2D eigenvalue weighted by atomic mass is 16.5. The molecule has 5 nitrogen and oxygen atoms in total. The molecule has 2 rings (SSSR count). The van der Waals surface area contributed by atoms with Gasteiger partial charge in [0.2, 0.25) is 0 Å². The van der Waals surface area contributed by atoms with E-state index in [2.05, 4.69) is 11.4 Å². The zero-order valence-corrected chi connectivity index (χ0v) is 16.6. The van der Waals surface area contributed by atoms with Gasteiger partial charge >= 0.3 is 5.97 Å². The first kappa shape index (κ1) is 21.2. The molecule has 0 spiro atoms. The average Bonchev–Trinajstić information content (AvgIpc) is 2.71. The molecule has 0 saturated carbocycles. The van der Waals surface area contributed by atoms with Gasteiger partial charge in [0.15, 0.2) is 6.61 Å². The summed E-state index contributed by atoms with van der Waals surface area (Å²) in [5.74, 6) is -1.11. The van der Waals surface area contributed by atoms with Crippen molar-refractivity contribution in [2.24, 2.45) is 5.92 Å². The van der Waals surface area contributed by atoms with Crippen LogP contribution in [0.25, 0.3) is 0 Å². The highest BCUT2D eigenvalue weighted by Gasteiger charge is 2.30. The van der Waals surface area contributed by atoms with Crippen LogP contribution in [0.15, 0.2) is 54.6 Å². The minimum absolute atomic E-state index is 0.0733. The number of nitrogens with one attached hydrogen (secondary N) is 1. The Morgan fingerprint density at radius 1 is 1.07 bits per heavy atom. The van der Waals surface area contributed by atoms with Crippen molar-refractivity contribution in [1.29, 1.82) is 5.26 Å². The van der Waals surface area contributed by atoms with Crippen LogP contribution in [0.1, 0.15) is 42.3 Å². The second-order valence-corrected chi connectivity index (χ2v) is 7.24. The van der Waals surface area contributed by atoms with Crippen LogP contribution < -0.4 is 5.32 Å². The Balaban J connectivity index is 1.97. The number of rotatable bonds is 8. The molecule has 0 saturated heterocycles. The quantitative estimate of drug-likeness (QED) is 0.711. The molecule has 28 heavy (non-hydrogen) atoms. The molecule has 1 N–H and O–H groups in total. The van der Waals surface area contributed by atoms with Crippen LogP contribution >= 0.6 is 0 Å². The Labute approximate surface area is 166 Å². The summed E-state index contributed by atoms with van der Waals surface area (Å²) in [6, 6.07) is 19.4. The van der Waals surface area contributed by atoms with E-state index >= 15 is 0 Å². The lowest BCUT2D eigenvalue weighted by molar-refractivity contribution is -0.125. The van der Waals surface area contributed by atoms with Gasteiger partial charge in [0.25, 0.3) is 5.91 Å². The van der Waals surface area contributed by atoms with E-state index in [9.17, 15) is 14.9 Å². The number of nitrogens with zero attached hydrogens (tertiary/aromatic N) is 1. The molecule has 1 unspecified atom stereocenters. The SMILES string of the molecule is CC(C)C(C)(C#N)NC(=O)COC(=O)c1ccccc1CCc1ccccc1. The number of aryl methyl sites for hydroxylation is 2. The maximum atomic E-state index is 12.5. The fourth-order valence-electron chi connectivity index (χ4n) is 2.70. The number of hydrogen-bond acceptors (Lipinski definition) is 4. The number of benzene rings is 2. The van der Waals surface area contributed by atoms with Crippen LogP contribution in [0.5, 0.6) is 0 Å². The van der Waals surface area contributed by atoms with Crippen molar-refractivity contribution >= 4 is 11.9 Å². The van der Waals surface area contributed by atoms with Gasteiger partial charge in [-0.05, 0) is 42.9 Å². The monoisotopic (exact) mass is 378 g/mol. The van der Waals surface area contributed by atoms with Gasteiger partial charge in [0, 0.05) is 0 Å². The topological polar surface area (TPSA) is 79.2 Å². The molecular weight excluding hydrogens is 352 g/mol. The molecule has 0 aliphatic carbocycles. The lowest BCUT2D eigenvalue weighted by atomic mass is 9.90. The number of carbonyl (C=O) groups excluding carboxylic acids is 2. The van der Waals surface area contributed by atoms with E-state index in [1.54, 1.807) is 19.1 Å². The van der Waals surface area contributed by atoms with Crippen molar-refractivity contribution in [2.75, 3.05) is 6.61 Å². The lowest BCUT2D eigenvalue weighted by Crippen LogP contribution is -2.50. The van der Waals surface area contributed by atoms with Gasteiger partial charge in [0.1, 0.15) is 5.54 Å². The molecule has 1 amide bonds. The van der Waals surface area contributed by atoms with Crippen LogP contribution in [0.3, 0.4) is 0 Å². The standard InChI is InChI=1S/C23H26N2O3/c1-17(2)23(3,16-24)25-21(26)15-28-22(27)20-12-8-7-11-19(20)14-13-18-9-5-4-6-10-18/h4-12,17H,13-15H2,1-3H3,(H,25,26). The third-order valence-electron chi connectivity index (χ3n) is 4.88. The normalized spacial score (nSPS) is 12.7. The van der Waals surface area contributed by atoms with Crippen molar-refractivity contribution in [1.82, 2.24) is 5.32 Å². The van der Waals surface area contributed by atoms with Gasteiger partial charge < -0.3 is 10.1 Å². The van der Waals surface area contributed by atoms with Gasteiger partial charge in [-0.2, -0.15) is 5.26 Å². The number of hydrogen-bond donors (Lipinski definition) is 1. The van der Waals surface area contributed by atoms with Gasteiger partial charge in [-0.3, -0.25) is 4.79 Å². The maximum absolute atomic E-state index is 12.5. The molecule has 0 aliphatic rings. The summed E-state index contributed by atoms with van der Waals surface area (Å²) in [7, 11) is 0. The Morgan fingerprint density at radius 2 is 1.71 bits per heavy atom. The molecular formula is C23H26N2O3. The van der Waals surface area contributed by atoms with Gasteiger partial charge in [0.05, 0.1) is 11.6 Å². The molecule has 0 radical (unpaired) electrons. The first-order valence-electron chi connectivity index (χ1n) is 9.37. The van der Waals surface area contributed by atoms with Crippen molar-refractivity contribution in [3.05, 3.63) is 71.3 Å². The summed E-state index contributed by atoms with van der Waals surface area (Å²) in [6.07, 6.45) is 1.50. The minimum Gasteiger partial charge on any atom is -0.452 e. The molecule has 0 heterocycles. The van der Waals surface area contributed by atoms with E-state index in [0.717, 1.165) is 12.0 Å². The third kappa shape index (κ3) is 5.68. The van der Waals surface area contributed by atoms with Crippen molar-refractivity contribution in [2.45, 2.75) is 39.2 Å². The summed E-state index contributed by atoms with van der Waals surface area (Å²) in [6.45, 7) is 4.92. The van der Waals surface area contributed by atoms with E-state index < -0.39 is 24.0 Å². The zero-order chi connectivity index (χ0) is 20.6. The summed E-state index contributed by atoms with van der Waals surface area (Å²) in [5, 5.41) is 11.9. The smallest absolute Gasteiger partial charge is 0.338 e. The Kier molecular flexibility index (Phi) is 7.34. The Bertz CT molecular complexity index is 856. The number of nitriles is 1. The third-order valence-corrected chi connectivity index (χ3v) is 4.88. The Morgan fingerprint density at radius 3 is 2.36 bits per heavy atom. The van der Waals surface area contributed by atoms with Crippen molar-refractivity contribution < 1.29 is 14.3 Å². The van der Waals surface area contributed by atoms with Crippen LogP contribution in [-0.4, -0.2) is 24.0 Å². The molecule has 2 aromatic carbocycles. The van der Waals surface area contributed by atoms with E-state index in [4.69, 9.17) is 4.74 Å². The second-order valence-electron chi connectivity index (χ2n) is 7.24. The predicted octanol–water partition coefficient (Wildman–Crippen LogP) is 3.68. The van der Waals surface area contributed by atoms with Crippen molar-refractivity contribution in [3.63, 3.8) is 0 Å². The maximum Gasteiger partial charge on any atom is 0.338 e. The van der Waals surface area contributed by atoms with Gasteiger partial charge in [-0.15, -0.1) is 0 Å². The van der Waals surface area contributed by atoms with Crippen LogP contribution in [-0.2, 0) is 22.4 Å². The molecule has 0 fully saturated rings. The van der Waals surface area contributed by atoms with E-state index in [1.165, 1.54) is 5.56 Å². The van der Waals surface area contributed by atoms with Crippen LogP contribution in [0.2, 0.25) is 0 Å². The molecule has 0 aromatic heterocycles. The number of esters is 1. The van der Waals surface area contributed by atoms with Gasteiger partial charge in [-0.25, -0.2) is 4.79 Å². The summed E-state index contributed by atoms with van der Waals surface area (Å²) < 4.78 is 5.19. The highest BCUT2D eigenvalue weighted by Crippen LogP contribution is 2.16. The lowest BCUT2D eigenvalue weighted by Gasteiger charge is -2.27. The number of amides is 1. The predicted molar refractivity (Wildman–Crippen MR) is 108 cm³/mol. The fraction of sp³-hybridized carbons (Fsp3) is 0.348. The highest BCUT2D eigenvalue weighted by molar-refractivity contribution is 5.92. The van der Waals surface area contributed by atoms with E-state index in [1.807, 2.05) is 56.3 Å². The van der Waals surface area contributed by atoms with Crippen molar-refractivity contribution in [3.8, 4) is 6.07 Å². The van der Waals surface area contributed by atoms with E-state index in [0.29, 0.717) is 12.0 Å². The fourth-order valence-corrected chi connectivity index (χ4v) is 2.70. The van der Waals surface area contributed by atoms with Gasteiger partial charge in [-0.1, -0.05) is 62.4 Å². The molecule has 5 heteroatoms. The summed E-state index contributed by atoms with van der Waals surface area (Å²) in [4.78, 5) is 24.6. The van der Waals surface area contributed by atoms with Crippen LogP contribution in [0.4, 0.5) is 0 Å². The average molecular weight is 378 g/mol. The molecule has 0 aliphatic heterocycles. The molecule has 2 aromatic rings. The second kappa shape index (κ2) is 9.70. The molecule has 1 atom stereocenters. The Hall–Kier alpha value is -3.13. The largest absolute Gasteiger partial charge is 0.452 e. The molecule has 146 valence electrons. The molecule has 0 bridgehead atoms. The first-order valence-corrected chi connectivity index (χ1v) is 9.37. The summed E-state index contributed by atoms with van der Waals surface area (Å²) in [5.41, 5.74) is 1.52. The van der Waals surface area contributed by atoms with Crippen LogP contribution in [0, 0.1) is 17.2 Å². The zero-order valence-electron chi connectivity index (χ0n) is 16.6.